The molecule has 4 nitrogen and oxygen atoms in total. The molecule has 1 heterocycles. The van der Waals surface area contributed by atoms with Crippen LogP contribution < -0.4 is 11.1 Å². The second-order valence-electron chi connectivity index (χ2n) is 4.92. The van der Waals surface area contributed by atoms with Gasteiger partial charge in [0, 0.05) is 11.9 Å². The van der Waals surface area contributed by atoms with E-state index in [4.69, 9.17) is 5.73 Å². The summed E-state index contributed by atoms with van der Waals surface area (Å²) in [5, 5.41) is 5.22. The third-order valence-electron chi connectivity index (χ3n) is 2.93. The molecule has 0 aliphatic rings. The van der Waals surface area contributed by atoms with Gasteiger partial charge in [0.05, 0.1) is 5.54 Å². The van der Waals surface area contributed by atoms with Gasteiger partial charge in [-0.25, -0.2) is 9.37 Å². The van der Waals surface area contributed by atoms with Gasteiger partial charge in [0.1, 0.15) is 16.5 Å². The lowest BCUT2D eigenvalue weighted by molar-refractivity contribution is 0.0907. The Bertz CT molecular complexity index is 630. The van der Waals surface area contributed by atoms with Gasteiger partial charge in [-0.2, -0.15) is 0 Å². The summed E-state index contributed by atoms with van der Waals surface area (Å²) in [6, 6.07) is 6.17. The lowest BCUT2D eigenvalue weighted by atomic mass is 9.94. The first-order valence-electron chi connectivity index (χ1n) is 6.15. The summed E-state index contributed by atoms with van der Waals surface area (Å²) in [6.07, 6.45) is 0. The smallest absolute Gasteiger partial charge is 0.271 e. The Labute approximate surface area is 133 Å². The van der Waals surface area contributed by atoms with E-state index in [2.05, 4.69) is 10.3 Å². The van der Waals surface area contributed by atoms with E-state index in [1.54, 1.807) is 17.5 Å². The Morgan fingerprint density at radius 3 is 2.76 bits per heavy atom. The zero-order valence-corrected chi connectivity index (χ0v) is 13.4. The van der Waals surface area contributed by atoms with E-state index in [1.807, 2.05) is 13.8 Å². The van der Waals surface area contributed by atoms with E-state index in [0.717, 1.165) is 0 Å². The Hall–Kier alpha value is -1.50. The van der Waals surface area contributed by atoms with Crippen LogP contribution in [0.5, 0.6) is 0 Å². The van der Waals surface area contributed by atoms with Crippen molar-refractivity contribution >= 4 is 29.7 Å². The van der Waals surface area contributed by atoms with Crippen LogP contribution in [0.25, 0.3) is 0 Å². The van der Waals surface area contributed by atoms with Gasteiger partial charge in [-0.3, -0.25) is 4.79 Å². The number of carbonyl (C=O) groups excluding carboxylic acids is 1. The quantitative estimate of drug-likeness (QED) is 0.906. The lowest BCUT2D eigenvalue weighted by Crippen LogP contribution is -2.41. The number of hydrogen-bond donors (Lipinski definition) is 2. The molecule has 114 valence electrons. The maximum atomic E-state index is 13.3. The molecule has 2 rings (SSSR count). The van der Waals surface area contributed by atoms with Crippen molar-refractivity contribution in [3.63, 3.8) is 0 Å². The van der Waals surface area contributed by atoms with Crippen LogP contribution in [0.1, 0.15) is 34.9 Å². The van der Waals surface area contributed by atoms with Gasteiger partial charge >= 0.3 is 0 Å². The Morgan fingerprint density at radius 1 is 1.48 bits per heavy atom. The summed E-state index contributed by atoms with van der Waals surface area (Å²) in [7, 11) is 0. The zero-order chi connectivity index (χ0) is 14.8. The second-order valence-corrected chi connectivity index (χ2v) is 5.86. The minimum Gasteiger partial charge on any atom is -0.342 e. The molecule has 3 N–H and O–H groups in total. The summed E-state index contributed by atoms with van der Waals surface area (Å²) in [5.41, 5.74) is 5.81. The van der Waals surface area contributed by atoms with E-state index in [9.17, 15) is 9.18 Å². The molecule has 0 spiro atoms. The molecule has 21 heavy (non-hydrogen) atoms. The van der Waals surface area contributed by atoms with E-state index in [0.29, 0.717) is 22.8 Å². The standard InChI is InChI=1S/C14H16FN3OS.ClH/c1-14(2,9-4-3-5-10(15)6-9)18-13(19)11-8-20-12(7-16)17-11;/h3-6,8H,7,16H2,1-2H3,(H,18,19);1H. The Morgan fingerprint density at radius 2 is 2.19 bits per heavy atom. The predicted octanol–water partition coefficient (Wildman–Crippen LogP) is 2.83. The number of nitrogens with two attached hydrogens (primary N) is 1. The molecule has 0 bridgehead atoms. The van der Waals surface area contributed by atoms with Crippen LogP contribution in [0.4, 0.5) is 4.39 Å². The summed E-state index contributed by atoms with van der Waals surface area (Å²) in [4.78, 5) is 16.3. The van der Waals surface area contributed by atoms with Crippen molar-refractivity contribution in [3.8, 4) is 0 Å². The van der Waals surface area contributed by atoms with Crippen molar-refractivity contribution in [1.82, 2.24) is 10.3 Å². The summed E-state index contributed by atoms with van der Waals surface area (Å²) >= 11 is 1.35. The molecular weight excluding hydrogens is 313 g/mol. The largest absolute Gasteiger partial charge is 0.342 e. The van der Waals surface area contributed by atoms with Crippen molar-refractivity contribution in [3.05, 3.63) is 51.7 Å². The summed E-state index contributed by atoms with van der Waals surface area (Å²) < 4.78 is 13.3. The van der Waals surface area contributed by atoms with E-state index >= 15 is 0 Å². The first-order valence-corrected chi connectivity index (χ1v) is 7.03. The van der Waals surface area contributed by atoms with E-state index in [-0.39, 0.29) is 24.1 Å². The molecule has 2 aromatic rings. The van der Waals surface area contributed by atoms with Gasteiger partial charge in [0.25, 0.3) is 5.91 Å². The van der Waals surface area contributed by atoms with Gasteiger partial charge in [-0.05, 0) is 31.5 Å². The van der Waals surface area contributed by atoms with E-state index < -0.39 is 5.54 Å². The van der Waals surface area contributed by atoms with Gasteiger partial charge in [0.2, 0.25) is 0 Å². The van der Waals surface area contributed by atoms with Gasteiger partial charge in [-0.1, -0.05) is 12.1 Å². The fourth-order valence-corrected chi connectivity index (χ4v) is 2.46. The van der Waals surface area contributed by atoms with Crippen LogP contribution in [0.2, 0.25) is 0 Å². The molecule has 0 aliphatic heterocycles. The summed E-state index contributed by atoms with van der Waals surface area (Å²) in [5.74, 6) is -0.626. The first kappa shape index (κ1) is 17.6. The monoisotopic (exact) mass is 329 g/mol. The highest BCUT2D eigenvalue weighted by Gasteiger charge is 2.24. The van der Waals surface area contributed by atoms with Crippen molar-refractivity contribution in [2.75, 3.05) is 0 Å². The van der Waals surface area contributed by atoms with Crippen molar-refractivity contribution in [2.45, 2.75) is 25.9 Å². The fraction of sp³-hybridized carbons (Fsp3) is 0.286. The molecular formula is C14H17ClFN3OS. The van der Waals surface area contributed by atoms with Crippen molar-refractivity contribution < 1.29 is 9.18 Å². The minimum absolute atomic E-state index is 0. The highest BCUT2D eigenvalue weighted by Crippen LogP contribution is 2.21. The van der Waals surface area contributed by atoms with Crippen molar-refractivity contribution in [1.29, 1.82) is 0 Å². The van der Waals surface area contributed by atoms with Crippen LogP contribution in [-0.2, 0) is 12.1 Å². The molecule has 1 aromatic heterocycles. The number of nitrogens with zero attached hydrogens (tertiary/aromatic N) is 1. The topological polar surface area (TPSA) is 68.0 Å². The van der Waals surface area contributed by atoms with Crippen LogP contribution in [0.3, 0.4) is 0 Å². The number of amides is 1. The van der Waals surface area contributed by atoms with Crippen LogP contribution in [-0.4, -0.2) is 10.9 Å². The molecule has 1 aromatic carbocycles. The van der Waals surface area contributed by atoms with Gasteiger partial charge < -0.3 is 11.1 Å². The number of halogens is 2. The highest BCUT2D eigenvalue weighted by atomic mass is 35.5. The molecule has 1 amide bonds. The maximum Gasteiger partial charge on any atom is 0.271 e. The molecule has 0 aliphatic carbocycles. The Kier molecular flexibility index (Phi) is 5.83. The SMILES string of the molecule is CC(C)(NC(=O)c1csc(CN)n1)c1cccc(F)c1.Cl. The number of hydrogen-bond acceptors (Lipinski definition) is 4. The first-order chi connectivity index (χ1) is 9.42. The van der Waals surface area contributed by atoms with Crippen molar-refractivity contribution in [2.24, 2.45) is 5.73 Å². The predicted molar refractivity (Wildman–Crippen MR) is 84.1 cm³/mol. The third-order valence-corrected chi connectivity index (χ3v) is 3.80. The maximum absolute atomic E-state index is 13.3. The molecule has 7 heteroatoms. The van der Waals surface area contributed by atoms with Crippen LogP contribution >= 0.6 is 23.7 Å². The Balaban J connectivity index is 0.00000220. The molecule has 0 unspecified atom stereocenters. The number of carbonyl (C=O) groups is 1. The lowest BCUT2D eigenvalue weighted by Gasteiger charge is -2.26. The molecule has 0 saturated carbocycles. The van der Waals surface area contributed by atoms with Crippen LogP contribution in [0, 0.1) is 5.82 Å². The normalized spacial score (nSPS) is 10.9. The summed E-state index contributed by atoms with van der Waals surface area (Å²) in [6.45, 7) is 3.94. The average Bonchev–Trinajstić information content (AvgIpc) is 2.87. The molecule has 0 saturated heterocycles. The third kappa shape index (κ3) is 4.23. The number of nitrogens with one attached hydrogen (secondary N) is 1. The average molecular weight is 330 g/mol. The second kappa shape index (κ2) is 6.98. The molecule has 0 fully saturated rings. The van der Waals surface area contributed by atoms with E-state index in [1.165, 1.54) is 23.5 Å². The molecule has 0 atom stereocenters. The van der Waals surface area contributed by atoms with Gasteiger partial charge in [0.15, 0.2) is 0 Å². The fourth-order valence-electron chi connectivity index (χ4n) is 1.81. The zero-order valence-electron chi connectivity index (χ0n) is 11.7. The number of rotatable bonds is 4. The number of benzene rings is 1. The van der Waals surface area contributed by atoms with Crippen LogP contribution in [0.15, 0.2) is 29.6 Å². The minimum atomic E-state index is -0.689. The highest BCUT2D eigenvalue weighted by molar-refractivity contribution is 7.09. The number of aromatic nitrogens is 1. The molecule has 0 radical (unpaired) electrons. The van der Waals surface area contributed by atoms with Gasteiger partial charge in [-0.15, -0.1) is 23.7 Å². The number of thiazole rings is 1.